The number of carbonyl (C=O) groups excluding carboxylic acids is 1. The van der Waals surface area contributed by atoms with Gasteiger partial charge in [0.05, 0.1) is 5.56 Å². The van der Waals surface area contributed by atoms with Gasteiger partial charge in [-0.05, 0) is 30.5 Å². The van der Waals surface area contributed by atoms with Crippen LogP contribution in [0.5, 0.6) is 11.5 Å². The van der Waals surface area contributed by atoms with E-state index in [9.17, 15) is 9.18 Å². The van der Waals surface area contributed by atoms with Crippen LogP contribution in [0.2, 0.25) is 0 Å². The molecule has 0 amide bonds. The van der Waals surface area contributed by atoms with Crippen LogP contribution in [0.3, 0.4) is 0 Å². The lowest BCUT2D eigenvalue weighted by Crippen LogP contribution is -2.13. The summed E-state index contributed by atoms with van der Waals surface area (Å²) in [6.07, 6.45) is 0. The Labute approximate surface area is 124 Å². The number of Topliss-reactive ketones (excluding diaryl/α,β-unsaturated/α-hetero) is 1. The Hall–Kier alpha value is -2.16. The summed E-state index contributed by atoms with van der Waals surface area (Å²) in [5, 5.41) is 0. The van der Waals surface area contributed by atoms with Gasteiger partial charge in [0.25, 0.3) is 0 Å². The number of ketones is 1. The number of ether oxygens (including phenoxy) is 1. The monoisotopic (exact) mass is 286 g/mol. The fourth-order valence-corrected chi connectivity index (χ4v) is 2.18. The largest absolute Gasteiger partial charge is 0.453 e. The number of benzene rings is 2. The predicted molar refractivity (Wildman–Crippen MR) is 81.6 cm³/mol. The summed E-state index contributed by atoms with van der Waals surface area (Å²) >= 11 is 0. The molecule has 0 saturated heterocycles. The number of hydrogen-bond donors (Lipinski definition) is 0. The first-order chi connectivity index (χ1) is 9.80. The molecule has 2 aromatic rings. The summed E-state index contributed by atoms with van der Waals surface area (Å²) in [5.41, 5.74) is 1.07. The smallest absolute Gasteiger partial charge is 0.173 e. The molecule has 0 aromatic heterocycles. The van der Waals surface area contributed by atoms with Crippen LogP contribution in [-0.4, -0.2) is 5.78 Å². The van der Waals surface area contributed by atoms with Crippen LogP contribution in [0.1, 0.15) is 43.6 Å². The maximum absolute atomic E-state index is 14.0. The van der Waals surface area contributed by atoms with E-state index in [1.807, 2.05) is 18.2 Å². The molecule has 0 unspecified atom stereocenters. The zero-order chi connectivity index (χ0) is 15.6. The number of carbonyl (C=O) groups is 1. The SMILES string of the molecule is CC(=O)c1cccc(F)c1Oc1ccccc1C(C)(C)C. The van der Waals surface area contributed by atoms with Crippen molar-refractivity contribution < 1.29 is 13.9 Å². The van der Waals surface area contributed by atoms with Gasteiger partial charge in [-0.3, -0.25) is 4.79 Å². The normalized spacial score (nSPS) is 11.3. The van der Waals surface area contributed by atoms with Crippen LogP contribution in [0, 0.1) is 5.82 Å². The first-order valence-corrected chi connectivity index (χ1v) is 6.87. The first-order valence-electron chi connectivity index (χ1n) is 6.87. The quantitative estimate of drug-likeness (QED) is 0.732. The zero-order valence-corrected chi connectivity index (χ0v) is 12.7. The van der Waals surface area contributed by atoms with Crippen molar-refractivity contribution in [1.82, 2.24) is 0 Å². The van der Waals surface area contributed by atoms with E-state index in [0.717, 1.165) is 5.56 Å². The molecule has 0 bridgehead atoms. The molecule has 0 aliphatic carbocycles. The van der Waals surface area contributed by atoms with E-state index in [0.29, 0.717) is 5.75 Å². The standard InChI is InChI=1S/C18H19FO2/c1-12(20)13-8-7-10-15(19)17(13)21-16-11-6-5-9-14(16)18(2,3)4/h5-11H,1-4H3. The molecule has 0 fully saturated rings. The number of hydrogen-bond acceptors (Lipinski definition) is 2. The van der Waals surface area contributed by atoms with Gasteiger partial charge in [-0.15, -0.1) is 0 Å². The van der Waals surface area contributed by atoms with Crippen molar-refractivity contribution in [2.45, 2.75) is 33.1 Å². The molecule has 110 valence electrons. The topological polar surface area (TPSA) is 26.3 Å². The number of rotatable bonds is 3. The highest BCUT2D eigenvalue weighted by Crippen LogP contribution is 2.36. The van der Waals surface area contributed by atoms with Gasteiger partial charge in [-0.1, -0.05) is 45.0 Å². The second-order valence-electron chi connectivity index (χ2n) is 6.02. The third kappa shape index (κ3) is 3.30. The fraction of sp³-hybridized carbons (Fsp3) is 0.278. The Morgan fingerprint density at radius 3 is 2.33 bits per heavy atom. The molecule has 0 spiro atoms. The van der Waals surface area contributed by atoms with E-state index in [1.165, 1.54) is 19.1 Å². The fourth-order valence-electron chi connectivity index (χ4n) is 2.18. The van der Waals surface area contributed by atoms with Gasteiger partial charge < -0.3 is 4.74 Å². The van der Waals surface area contributed by atoms with E-state index in [-0.39, 0.29) is 22.5 Å². The Morgan fingerprint density at radius 1 is 1.05 bits per heavy atom. The van der Waals surface area contributed by atoms with Gasteiger partial charge in [0, 0.05) is 5.56 Å². The van der Waals surface area contributed by atoms with Crippen molar-refractivity contribution in [3.63, 3.8) is 0 Å². The summed E-state index contributed by atoms with van der Waals surface area (Å²) < 4.78 is 19.8. The molecule has 0 aliphatic rings. The summed E-state index contributed by atoms with van der Waals surface area (Å²) in [4.78, 5) is 11.6. The zero-order valence-electron chi connectivity index (χ0n) is 12.7. The minimum atomic E-state index is -0.536. The second-order valence-corrected chi connectivity index (χ2v) is 6.02. The molecule has 0 saturated carbocycles. The van der Waals surface area contributed by atoms with Gasteiger partial charge in [0.15, 0.2) is 17.3 Å². The Morgan fingerprint density at radius 2 is 1.71 bits per heavy atom. The summed E-state index contributed by atoms with van der Waals surface area (Å²) in [5.74, 6) is -0.205. The maximum Gasteiger partial charge on any atom is 0.173 e. The summed E-state index contributed by atoms with van der Waals surface area (Å²) in [6.45, 7) is 7.57. The molecule has 0 radical (unpaired) electrons. The molecular formula is C18H19FO2. The van der Waals surface area contributed by atoms with Crippen LogP contribution < -0.4 is 4.74 Å². The highest BCUT2D eigenvalue weighted by molar-refractivity contribution is 5.97. The highest BCUT2D eigenvalue weighted by Gasteiger charge is 2.21. The van der Waals surface area contributed by atoms with E-state index in [2.05, 4.69) is 20.8 Å². The predicted octanol–water partition coefficient (Wildman–Crippen LogP) is 5.12. The molecule has 0 heterocycles. The lowest BCUT2D eigenvalue weighted by molar-refractivity contribution is 0.101. The van der Waals surface area contributed by atoms with Gasteiger partial charge >= 0.3 is 0 Å². The molecule has 2 aromatic carbocycles. The van der Waals surface area contributed by atoms with Crippen molar-refractivity contribution in [1.29, 1.82) is 0 Å². The van der Waals surface area contributed by atoms with E-state index >= 15 is 0 Å². The van der Waals surface area contributed by atoms with Gasteiger partial charge in [-0.25, -0.2) is 4.39 Å². The van der Waals surface area contributed by atoms with Gasteiger partial charge in [0.2, 0.25) is 0 Å². The molecule has 0 atom stereocenters. The van der Waals surface area contributed by atoms with Gasteiger partial charge in [0.1, 0.15) is 5.75 Å². The summed E-state index contributed by atoms with van der Waals surface area (Å²) in [6, 6.07) is 11.9. The van der Waals surface area contributed by atoms with Crippen LogP contribution in [0.25, 0.3) is 0 Å². The average Bonchev–Trinajstić information content (AvgIpc) is 2.40. The Kier molecular flexibility index (Phi) is 4.12. The third-order valence-electron chi connectivity index (χ3n) is 3.25. The van der Waals surface area contributed by atoms with Crippen LogP contribution in [-0.2, 0) is 5.41 Å². The lowest BCUT2D eigenvalue weighted by Gasteiger charge is -2.23. The molecule has 3 heteroatoms. The Balaban J connectivity index is 2.52. The molecule has 21 heavy (non-hydrogen) atoms. The molecule has 2 rings (SSSR count). The second kappa shape index (κ2) is 5.68. The van der Waals surface area contributed by atoms with Crippen molar-refractivity contribution in [3.8, 4) is 11.5 Å². The molecule has 0 aliphatic heterocycles. The van der Waals surface area contributed by atoms with Crippen LogP contribution in [0.4, 0.5) is 4.39 Å². The van der Waals surface area contributed by atoms with Crippen molar-refractivity contribution in [3.05, 3.63) is 59.4 Å². The van der Waals surface area contributed by atoms with Gasteiger partial charge in [-0.2, -0.15) is 0 Å². The number of halogens is 1. The van der Waals surface area contributed by atoms with Crippen molar-refractivity contribution in [2.75, 3.05) is 0 Å². The average molecular weight is 286 g/mol. The highest BCUT2D eigenvalue weighted by atomic mass is 19.1. The first kappa shape index (κ1) is 15.2. The minimum absolute atomic E-state index is 0.0123. The lowest BCUT2D eigenvalue weighted by atomic mass is 9.86. The van der Waals surface area contributed by atoms with Crippen molar-refractivity contribution in [2.24, 2.45) is 0 Å². The molecule has 0 N–H and O–H groups in total. The molecule has 2 nitrogen and oxygen atoms in total. The van der Waals surface area contributed by atoms with E-state index in [1.54, 1.807) is 12.1 Å². The van der Waals surface area contributed by atoms with Crippen LogP contribution in [0.15, 0.2) is 42.5 Å². The minimum Gasteiger partial charge on any atom is -0.453 e. The van der Waals surface area contributed by atoms with Crippen molar-refractivity contribution >= 4 is 5.78 Å². The molecular weight excluding hydrogens is 267 g/mol. The number of para-hydroxylation sites is 2. The van der Waals surface area contributed by atoms with E-state index < -0.39 is 5.82 Å². The third-order valence-corrected chi connectivity index (χ3v) is 3.25. The van der Waals surface area contributed by atoms with E-state index in [4.69, 9.17) is 4.74 Å². The summed E-state index contributed by atoms with van der Waals surface area (Å²) in [7, 11) is 0. The van der Waals surface area contributed by atoms with Crippen LogP contribution >= 0.6 is 0 Å². The Bertz CT molecular complexity index is 669. The maximum atomic E-state index is 14.0.